The normalized spacial score (nSPS) is 14.2. The summed E-state index contributed by atoms with van der Waals surface area (Å²) in [5.74, 6) is -1.61. The molecule has 7 heteroatoms. The summed E-state index contributed by atoms with van der Waals surface area (Å²) in [6, 6.07) is -1.62. The van der Waals surface area contributed by atoms with E-state index in [9.17, 15) is 14.4 Å². The molecule has 0 rings (SSSR count). The minimum atomic E-state index is -0.924. The van der Waals surface area contributed by atoms with Crippen LogP contribution in [-0.4, -0.2) is 35.5 Å². The van der Waals surface area contributed by atoms with E-state index in [1.54, 1.807) is 27.7 Å². The molecule has 0 aromatic heterocycles. The van der Waals surface area contributed by atoms with Crippen molar-refractivity contribution in [3.8, 4) is 0 Å². The Balaban J connectivity index is 4.40. The van der Waals surface area contributed by atoms with Crippen LogP contribution in [0, 0.1) is 0 Å². The maximum atomic E-state index is 11.6. The lowest BCUT2D eigenvalue weighted by atomic mass is 10.1. The number of carbonyl (C=O) groups is 3. The fourth-order valence-electron chi connectivity index (χ4n) is 1.40. The van der Waals surface area contributed by atoms with Gasteiger partial charge in [-0.1, -0.05) is 6.92 Å². The van der Waals surface area contributed by atoms with Crippen LogP contribution in [0.25, 0.3) is 0 Å². The molecule has 116 valence electrons. The second-order valence-corrected chi connectivity index (χ2v) is 5.60. The van der Waals surface area contributed by atoms with Gasteiger partial charge in [0.25, 0.3) is 0 Å². The zero-order valence-electron chi connectivity index (χ0n) is 12.6. The Morgan fingerprint density at radius 2 is 1.80 bits per heavy atom. The van der Waals surface area contributed by atoms with Gasteiger partial charge < -0.3 is 21.5 Å². The number of rotatable bonds is 7. The van der Waals surface area contributed by atoms with Crippen LogP contribution in [0.4, 0.5) is 0 Å². The highest BCUT2D eigenvalue weighted by Crippen LogP contribution is 2.10. The molecule has 0 saturated carbocycles. The second kappa shape index (κ2) is 7.84. The number of nitrogens with one attached hydrogen (secondary N) is 1. The molecule has 0 aliphatic heterocycles. The molecule has 1 unspecified atom stereocenters. The van der Waals surface area contributed by atoms with E-state index in [1.807, 2.05) is 0 Å². The summed E-state index contributed by atoms with van der Waals surface area (Å²) in [4.78, 5) is 34.4. The SMILES string of the molecule is CCC(N)C(=O)N[C@H](CCC(=O)OC(C)(C)C)C(N)=O. The minimum Gasteiger partial charge on any atom is -0.460 e. The quantitative estimate of drug-likeness (QED) is 0.560. The molecule has 5 N–H and O–H groups in total. The van der Waals surface area contributed by atoms with Crippen molar-refractivity contribution >= 4 is 17.8 Å². The average Bonchev–Trinajstić information content (AvgIpc) is 2.30. The average molecular weight is 287 g/mol. The Kier molecular flexibility index (Phi) is 7.20. The molecule has 0 aromatic carbocycles. The molecule has 0 aliphatic carbocycles. The summed E-state index contributed by atoms with van der Waals surface area (Å²) >= 11 is 0. The smallest absolute Gasteiger partial charge is 0.306 e. The third kappa shape index (κ3) is 7.73. The molecule has 0 bridgehead atoms. The fraction of sp³-hybridized carbons (Fsp3) is 0.769. The molecule has 0 aromatic rings. The first kappa shape index (κ1) is 18.4. The number of primary amides is 1. The van der Waals surface area contributed by atoms with E-state index in [1.165, 1.54) is 0 Å². The van der Waals surface area contributed by atoms with Gasteiger partial charge in [-0.2, -0.15) is 0 Å². The second-order valence-electron chi connectivity index (χ2n) is 5.60. The van der Waals surface area contributed by atoms with Crippen molar-refractivity contribution in [3.63, 3.8) is 0 Å². The van der Waals surface area contributed by atoms with Crippen molar-refractivity contribution in [1.29, 1.82) is 0 Å². The van der Waals surface area contributed by atoms with Gasteiger partial charge in [0.15, 0.2) is 0 Å². The maximum Gasteiger partial charge on any atom is 0.306 e. The first-order valence-electron chi connectivity index (χ1n) is 6.64. The lowest BCUT2D eigenvalue weighted by molar-refractivity contribution is -0.155. The third-order valence-electron chi connectivity index (χ3n) is 2.49. The Bertz CT molecular complexity index is 363. The molecule has 7 nitrogen and oxygen atoms in total. The molecule has 20 heavy (non-hydrogen) atoms. The standard InChI is InChI=1S/C13H25N3O4/c1-5-8(14)12(19)16-9(11(15)18)6-7-10(17)20-13(2,3)4/h8-9H,5-7,14H2,1-4H3,(H2,15,18)(H,16,19)/t8?,9-/m1/s1. The van der Waals surface area contributed by atoms with Crippen LogP contribution in [0.15, 0.2) is 0 Å². The van der Waals surface area contributed by atoms with Crippen LogP contribution in [0.3, 0.4) is 0 Å². The van der Waals surface area contributed by atoms with Crippen LogP contribution in [0.2, 0.25) is 0 Å². The number of hydrogen-bond acceptors (Lipinski definition) is 5. The monoisotopic (exact) mass is 287 g/mol. The summed E-state index contributed by atoms with van der Waals surface area (Å²) in [6.45, 7) is 7.00. The van der Waals surface area contributed by atoms with Gasteiger partial charge in [0.05, 0.1) is 6.04 Å². The summed E-state index contributed by atoms with van der Waals surface area (Å²) in [5, 5.41) is 2.44. The van der Waals surface area contributed by atoms with Gasteiger partial charge in [-0.3, -0.25) is 14.4 Å². The molecule has 0 radical (unpaired) electrons. The largest absolute Gasteiger partial charge is 0.460 e. The predicted molar refractivity (Wildman–Crippen MR) is 74.5 cm³/mol. The van der Waals surface area contributed by atoms with Crippen molar-refractivity contribution in [2.75, 3.05) is 0 Å². The molecule has 0 heterocycles. The van der Waals surface area contributed by atoms with E-state index in [4.69, 9.17) is 16.2 Å². The van der Waals surface area contributed by atoms with E-state index in [0.717, 1.165) is 0 Å². The maximum absolute atomic E-state index is 11.6. The Hall–Kier alpha value is -1.63. The summed E-state index contributed by atoms with van der Waals surface area (Å²) in [7, 11) is 0. The van der Waals surface area contributed by atoms with E-state index >= 15 is 0 Å². The van der Waals surface area contributed by atoms with Gasteiger partial charge in [-0.05, 0) is 33.6 Å². The first-order valence-corrected chi connectivity index (χ1v) is 6.64. The molecule has 2 atom stereocenters. The van der Waals surface area contributed by atoms with Crippen molar-refractivity contribution in [1.82, 2.24) is 5.32 Å². The van der Waals surface area contributed by atoms with Crippen molar-refractivity contribution in [3.05, 3.63) is 0 Å². The predicted octanol–water partition coefficient (Wildman–Crippen LogP) is -0.184. The Labute approximate surface area is 119 Å². The van der Waals surface area contributed by atoms with Crippen molar-refractivity contribution < 1.29 is 19.1 Å². The van der Waals surface area contributed by atoms with Crippen LogP contribution in [0.1, 0.15) is 47.0 Å². The molecule has 0 aliphatic rings. The number of ether oxygens (including phenoxy) is 1. The Morgan fingerprint density at radius 3 is 2.20 bits per heavy atom. The Morgan fingerprint density at radius 1 is 1.25 bits per heavy atom. The van der Waals surface area contributed by atoms with Crippen LogP contribution in [-0.2, 0) is 19.1 Å². The molecular weight excluding hydrogens is 262 g/mol. The summed E-state index contributed by atoms with van der Waals surface area (Å²) in [5.41, 5.74) is 10.2. The van der Waals surface area contributed by atoms with E-state index in [-0.39, 0.29) is 12.8 Å². The molecule has 0 fully saturated rings. The minimum absolute atomic E-state index is 0.00742. The van der Waals surface area contributed by atoms with E-state index < -0.39 is 35.5 Å². The number of amides is 2. The first-order chi connectivity index (χ1) is 9.06. The number of esters is 1. The van der Waals surface area contributed by atoms with Gasteiger partial charge in [0.1, 0.15) is 11.6 Å². The molecular formula is C13H25N3O4. The lowest BCUT2D eigenvalue weighted by Crippen LogP contribution is -2.50. The lowest BCUT2D eigenvalue weighted by Gasteiger charge is -2.21. The van der Waals surface area contributed by atoms with E-state index in [0.29, 0.717) is 6.42 Å². The zero-order chi connectivity index (χ0) is 15.9. The van der Waals surface area contributed by atoms with Gasteiger partial charge in [-0.25, -0.2) is 0 Å². The third-order valence-corrected chi connectivity index (χ3v) is 2.49. The molecule has 2 amide bonds. The van der Waals surface area contributed by atoms with Crippen LogP contribution in [0.5, 0.6) is 0 Å². The van der Waals surface area contributed by atoms with Gasteiger partial charge in [0.2, 0.25) is 11.8 Å². The van der Waals surface area contributed by atoms with Crippen molar-refractivity contribution in [2.45, 2.75) is 64.6 Å². The summed E-state index contributed by atoms with van der Waals surface area (Å²) < 4.78 is 5.11. The fourth-order valence-corrected chi connectivity index (χ4v) is 1.40. The number of nitrogens with two attached hydrogens (primary N) is 2. The van der Waals surface area contributed by atoms with Crippen LogP contribution >= 0.6 is 0 Å². The highest BCUT2D eigenvalue weighted by molar-refractivity contribution is 5.89. The zero-order valence-corrected chi connectivity index (χ0v) is 12.6. The molecule has 0 saturated heterocycles. The number of hydrogen-bond donors (Lipinski definition) is 3. The van der Waals surface area contributed by atoms with E-state index in [2.05, 4.69) is 5.32 Å². The summed E-state index contributed by atoms with van der Waals surface area (Å²) in [6.07, 6.45) is 0.530. The van der Waals surface area contributed by atoms with Gasteiger partial charge in [-0.15, -0.1) is 0 Å². The van der Waals surface area contributed by atoms with Crippen LogP contribution < -0.4 is 16.8 Å². The van der Waals surface area contributed by atoms with Gasteiger partial charge >= 0.3 is 5.97 Å². The van der Waals surface area contributed by atoms with Gasteiger partial charge in [0, 0.05) is 6.42 Å². The highest BCUT2D eigenvalue weighted by atomic mass is 16.6. The van der Waals surface area contributed by atoms with Crippen molar-refractivity contribution in [2.24, 2.45) is 11.5 Å². The molecule has 0 spiro atoms. The highest BCUT2D eigenvalue weighted by Gasteiger charge is 2.23. The number of carbonyl (C=O) groups excluding carboxylic acids is 3. The topological polar surface area (TPSA) is 125 Å².